The molecule has 0 aliphatic carbocycles. The maximum Gasteiger partial charge on any atom is 0.165 e. The minimum absolute atomic E-state index is 0.183. The van der Waals surface area contributed by atoms with E-state index in [9.17, 15) is 4.39 Å². The molecule has 0 spiro atoms. The zero-order chi connectivity index (χ0) is 13.8. The lowest BCUT2D eigenvalue weighted by Gasteiger charge is -2.11. The van der Waals surface area contributed by atoms with Crippen LogP contribution < -0.4 is 10.5 Å². The van der Waals surface area contributed by atoms with E-state index in [4.69, 9.17) is 10.5 Å². The first kappa shape index (κ1) is 13.5. The van der Waals surface area contributed by atoms with Crippen LogP contribution in [0.5, 0.6) is 5.75 Å². The average molecular weight is 263 g/mol. The van der Waals surface area contributed by atoms with Crippen molar-refractivity contribution in [3.05, 3.63) is 47.8 Å². The van der Waals surface area contributed by atoms with Crippen LogP contribution in [-0.2, 0) is 6.54 Å². The van der Waals surface area contributed by atoms with E-state index >= 15 is 0 Å². The number of nitrogens with zero attached hydrogens (tertiary/aromatic N) is 2. The van der Waals surface area contributed by atoms with E-state index in [1.807, 2.05) is 24.6 Å². The number of benzene rings is 1. The van der Waals surface area contributed by atoms with Crippen LogP contribution in [0.1, 0.15) is 24.4 Å². The molecule has 1 aromatic carbocycles. The molecule has 0 saturated heterocycles. The van der Waals surface area contributed by atoms with Crippen molar-refractivity contribution in [2.24, 2.45) is 5.73 Å². The first-order valence-corrected chi connectivity index (χ1v) is 6.23. The second-order valence-electron chi connectivity index (χ2n) is 4.49. The smallest absolute Gasteiger partial charge is 0.165 e. The molecule has 102 valence electrons. The molecule has 0 aliphatic rings. The summed E-state index contributed by atoms with van der Waals surface area (Å²) in [5, 5.41) is 0. The summed E-state index contributed by atoms with van der Waals surface area (Å²) in [6, 6.07) is 4.64. The molecule has 4 nitrogen and oxygen atoms in total. The zero-order valence-corrected chi connectivity index (χ0v) is 11.1. The van der Waals surface area contributed by atoms with Gasteiger partial charge in [0.2, 0.25) is 0 Å². The summed E-state index contributed by atoms with van der Waals surface area (Å²) in [6.45, 7) is 4.76. The Balaban J connectivity index is 1.95. The highest BCUT2D eigenvalue weighted by molar-refractivity contribution is 5.30. The summed E-state index contributed by atoms with van der Waals surface area (Å²) in [4.78, 5) is 4.11. The Morgan fingerprint density at radius 2 is 2.26 bits per heavy atom. The van der Waals surface area contributed by atoms with E-state index < -0.39 is 0 Å². The summed E-state index contributed by atoms with van der Waals surface area (Å²) in [5.41, 5.74) is 6.46. The molecule has 0 amide bonds. The molecule has 0 saturated carbocycles. The fourth-order valence-corrected chi connectivity index (χ4v) is 1.81. The van der Waals surface area contributed by atoms with Gasteiger partial charge in [-0.3, -0.25) is 0 Å². The van der Waals surface area contributed by atoms with Gasteiger partial charge in [-0.25, -0.2) is 9.37 Å². The number of hydrogen-bond acceptors (Lipinski definition) is 3. The van der Waals surface area contributed by atoms with E-state index in [1.165, 1.54) is 6.07 Å². The molecule has 0 fully saturated rings. The molecule has 2 aromatic rings. The lowest BCUT2D eigenvalue weighted by molar-refractivity contribution is 0.283. The number of imidazole rings is 1. The molecule has 2 N–H and O–H groups in total. The summed E-state index contributed by atoms with van der Waals surface area (Å²) in [5.74, 6) is 0.788. The van der Waals surface area contributed by atoms with Gasteiger partial charge in [-0.15, -0.1) is 0 Å². The number of aryl methyl sites for hydroxylation is 1. The Bertz CT molecular complexity index is 551. The molecule has 1 atom stereocenters. The van der Waals surface area contributed by atoms with Gasteiger partial charge in [0.15, 0.2) is 11.6 Å². The highest BCUT2D eigenvalue weighted by Crippen LogP contribution is 2.21. The van der Waals surface area contributed by atoms with Crippen molar-refractivity contribution < 1.29 is 9.13 Å². The monoisotopic (exact) mass is 263 g/mol. The van der Waals surface area contributed by atoms with Crippen LogP contribution in [0.15, 0.2) is 30.6 Å². The fraction of sp³-hybridized carbons (Fsp3) is 0.357. The standard InChI is InChI=1S/C14H18FN3O/c1-10(16)12-3-4-14(13(15)9-12)19-8-7-18-6-5-17-11(18)2/h3-6,9-10H,7-8,16H2,1-2H3/t10-/m1/s1. The third-order valence-corrected chi connectivity index (χ3v) is 3.00. The van der Waals surface area contributed by atoms with Gasteiger partial charge in [-0.1, -0.05) is 6.07 Å². The summed E-state index contributed by atoms with van der Waals surface area (Å²) in [7, 11) is 0. The maximum absolute atomic E-state index is 13.8. The molecule has 1 heterocycles. The van der Waals surface area contributed by atoms with Crippen molar-refractivity contribution in [3.8, 4) is 5.75 Å². The van der Waals surface area contributed by atoms with Gasteiger partial charge in [0.1, 0.15) is 12.4 Å². The number of nitrogens with two attached hydrogens (primary N) is 1. The van der Waals surface area contributed by atoms with Crippen LogP contribution in [0.25, 0.3) is 0 Å². The van der Waals surface area contributed by atoms with Crippen molar-refractivity contribution in [2.75, 3.05) is 6.61 Å². The van der Waals surface area contributed by atoms with Gasteiger partial charge in [-0.05, 0) is 31.5 Å². The first-order valence-electron chi connectivity index (χ1n) is 6.23. The minimum Gasteiger partial charge on any atom is -0.489 e. The number of hydrogen-bond donors (Lipinski definition) is 1. The van der Waals surface area contributed by atoms with Gasteiger partial charge < -0.3 is 15.0 Å². The van der Waals surface area contributed by atoms with Crippen molar-refractivity contribution >= 4 is 0 Å². The van der Waals surface area contributed by atoms with Crippen LogP contribution in [0.3, 0.4) is 0 Å². The minimum atomic E-state index is -0.378. The highest BCUT2D eigenvalue weighted by Gasteiger charge is 2.07. The van der Waals surface area contributed by atoms with Crippen LogP contribution >= 0.6 is 0 Å². The molecule has 0 aliphatic heterocycles. The predicted molar refractivity (Wildman–Crippen MR) is 71.5 cm³/mol. The number of ether oxygens (including phenoxy) is 1. The first-order chi connectivity index (χ1) is 9.08. The van der Waals surface area contributed by atoms with Crippen LogP contribution in [0.2, 0.25) is 0 Å². The molecular formula is C14H18FN3O. The normalized spacial score (nSPS) is 12.4. The molecule has 2 rings (SSSR count). The summed E-state index contributed by atoms with van der Waals surface area (Å²) >= 11 is 0. The molecule has 0 bridgehead atoms. The SMILES string of the molecule is Cc1nccn1CCOc1ccc([C@@H](C)N)cc1F. The molecule has 0 unspecified atom stereocenters. The van der Waals surface area contributed by atoms with Crippen molar-refractivity contribution in [2.45, 2.75) is 26.4 Å². The quantitative estimate of drug-likeness (QED) is 0.901. The topological polar surface area (TPSA) is 53.1 Å². The van der Waals surface area contributed by atoms with Gasteiger partial charge in [-0.2, -0.15) is 0 Å². The zero-order valence-electron chi connectivity index (χ0n) is 11.1. The molecule has 5 heteroatoms. The largest absolute Gasteiger partial charge is 0.489 e. The molecular weight excluding hydrogens is 245 g/mol. The third kappa shape index (κ3) is 3.32. The summed E-state index contributed by atoms with van der Waals surface area (Å²) < 4.78 is 21.1. The van der Waals surface area contributed by atoms with Crippen molar-refractivity contribution in [3.63, 3.8) is 0 Å². The lowest BCUT2D eigenvalue weighted by Crippen LogP contribution is -2.10. The van der Waals surface area contributed by atoms with Crippen LogP contribution in [-0.4, -0.2) is 16.2 Å². The Hall–Kier alpha value is -1.88. The van der Waals surface area contributed by atoms with E-state index in [-0.39, 0.29) is 17.6 Å². The number of halogens is 1. The van der Waals surface area contributed by atoms with Gasteiger partial charge >= 0.3 is 0 Å². The van der Waals surface area contributed by atoms with Crippen molar-refractivity contribution in [1.82, 2.24) is 9.55 Å². The third-order valence-electron chi connectivity index (χ3n) is 3.00. The Labute approximate surface area is 112 Å². The number of rotatable bonds is 5. The second-order valence-corrected chi connectivity index (χ2v) is 4.49. The van der Waals surface area contributed by atoms with Gasteiger partial charge in [0.05, 0.1) is 6.54 Å². The van der Waals surface area contributed by atoms with E-state index in [2.05, 4.69) is 4.98 Å². The van der Waals surface area contributed by atoms with E-state index in [1.54, 1.807) is 18.3 Å². The van der Waals surface area contributed by atoms with E-state index in [0.29, 0.717) is 13.2 Å². The highest BCUT2D eigenvalue weighted by atomic mass is 19.1. The van der Waals surface area contributed by atoms with E-state index in [0.717, 1.165) is 11.4 Å². The Kier molecular flexibility index (Phi) is 4.16. The fourth-order valence-electron chi connectivity index (χ4n) is 1.81. The molecule has 0 radical (unpaired) electrons. The lowest BCUT2D eigenvalue weighted by atomic mass is 10.1. The van der Waals surface area contributed by atoms with Crippen LogP contribution in [0, 0.1) is 12.7 Å². The average Bonchev–Trinajstić information content (AvgIpc) is 2.77. The molecule has 19 heavy (non-hydrogen) atoms. The Morgan fingerprint density at radius 3 is 2.84 bits per heavy atom. The Morgan fingerprint density at radius 1 is 1.47 bits per heavy atom. The summed E-state index contributed by atoms with van der Waals surface area (Å²) in [6.07, 6.45) is 3.60. The maximum atomic E-state index is 13.8. The van der Waals surface area contributed by atoms with Crippen molar-refractivity contribution in [1.29, 1.82) is 0 Å². The van der Waals surface area contributed by atoms with Gasteiger partial charge in [0.25, 0.3) is 0 Å². The molecule has 1 aromatic heterocycles. The van der Waals surface area contributed by atoms with Crippen LogP contribution in [0.4, 0.5) is 4.39 Å². The number of aromatic nitrogens is 2. The predicted octanol–water partition coefficient (Wildman–Crippen LogP) is 2.43. The van der Waals surface area contributed by atoms with Gasteiger partial charge in [0, 0.05) is 18.4 Å². The second kappa shape index (κ2) is 5.84.